The molecule has 1 rings (SSSR count). The van der Waals surface area contributed by atoms with Crippen LogP contribution < -0.4 is 0 Å². The van der Waals surface area contributed by atoms with Gasteiger partial charge in [0, 0.05) is 6.92 Å². The highest BCUT2D eigenvalue weighted by molar-refractivity contribution is 4.51. The highest BCUT2D eigenvalue weighted by atomic mass is 16.0. The maximum absolute atomic E-state index is 7.32. The Morgan fingerprint density at radius 2 is 1.00 bits per heavy atom. The molecule has 1 fully saturated rings. The molecule has 1 aliphatic carbocycles. The van der Waals surface area contributed by atoms with Gasteiger partial charge in [-0.05, 0) is 0 Å². The van der Waals surface area contributed by atoms with Crippen LogP contribution >= 0.6 is 0 Å². The van der Waals surface area contributed by atoms with Gasteiger partial charge in [0.05, 0.1) is 6.07 Å². The second-order valence-electron chi connectivity index (χ2n) is 2.34. The fraction of sp³-hybridized carbons (Fsp3) is 0.875. The van der Waals surface area contributed by atoms with Gasteiger partial charge >= 0.3 is 0 Å². The van der Waals surface area contributed by atoms with Crippen molar-refractivity contribution >= 4 is 0 Å². The summed E-state index contributed by atoms with van der Waals surface area (Å²) in [6.45, 7) is 1.43. The third-order valence-electron chi connectivity index (χ3n) is 1.50. The Balaban J connectivity index is 0. The zero-order valence-electron chi connectivity index (χ0n) is 6.69. The van der Waals surface area contributed by atoms with Gasteiger partial charge in [0.2, 0.25) is 0 Å². The van der Waals surface area contributed by atoms with Crippen molar-refractivity contribution in [3.05, 3.63) is 0 Å². The normalized spacial score (nSPS) is 15.2. The van der Waals surface area contributed by atoms with E-state index in [-0.39, 0.29) is 5.48 Å². The molecule has 1 aliphatic rings. The van der Waals surface area contributed by atoms with Crippen LogP contribution in [0, 0.1) is 11.3 Å². The fourth-order valence-electron chi connectivity index (χ4n) is 1.06. The minimum Gasteiger partial charge on any atom is -0.412 e. The van der Waals surface area contributed by atoms with Crippen LogP contribution in [-0.4, -0.2) is 5.48 Å². The lowest BCUT2D eigenvalue weighted by molar-refractivity contribution is 0.504. The molecule has 2 N–H and O–H groups in total. The maximum atomic E-state index is 7.32. The molecule has 60 valence electrons. The first kappa shape index (κ1) is 12.2. The largest absolute Gasteiger partial charge is 0.412 e. The van der Waals surface area contributed by atoms with Gasteiger partial charge in [0.1, 0.15) is 0 Å². The highest BCUT2D eigenvalue weighted by Crippen LogP contribution is 2.15. The molecule has 2 heteroatoms. The van der Waals surface area contributed by atoms with Crippen molar-refractivity contribution in [2.75, 3.05) is 0 Å². The molecule has 0 unspecified atom stereocenters. The molecule has 0 aromatic rings. The summed E-state index contributed by atoms with van der Waals surface area (Å²) in [6, 6.07) is 1.75. The van der Waals surface area contributed by atoms with Crippen LogP contribution in [0.25, 0.3) is 0 Å². The van der Waals surface area contributed by atoms with E-state index in [2.05, 4.69) is 0 Å². The van der Waals surface area contributed by atoms with Crippen LogP contribution in [0.5, 0.6) is 0 Å². The van der Waals surface area contributed by atoms with Crippen molar-refractivity contribution in [3.8, 4) is 6.07 Å². The highest BCUT2D eigenvalue weighted by Gasteiger charge is 1.95. The summed E-state index contributed by atoms with van der Waals surface area (Å²) in [5, 5.41) is 7.32. The first-order valence-corrected chi connectivity index (χ1v) is 3.72. The summed E-state index contributed by atoms with van der Waals surface area (Å²) in [4.78, 5) is 0. The molecule has 1 saturated carbocycles. The molecule has 0 amide bonds. The van der Waals surface area contributed by atoms with Gasteiger partial charge in [-0.2, -0.15) is 5.26 Å². The predicted molar refractivity (Wildman–Crippen MR) is 42.6 cm³/mol. The number of rotatable bonds is 0. The van der Waals surface area contributed by atoms with E-state index in [0.29, 0.717) is 0 Å². The van der Waals surface area contributed by atoms with E-state index in [1.165, 1.54) is 45.4 Å². The average molecular weight is 143 g/mol. The monoisotopic (exact) mass is 143 g/mol. The van der Waals surface area contributed by atoms with Crippen LogP contribution in [0.1, 0.15) is 45.4 Å². The zero-order chi connectivity index (χ0) is 6.95. The Bertz CT molecular complexity index is 70.2. The number of hydrogen-bond acceptors (Lipinski definition) is 1. The summed E-state index contributed by atoms with van der Waals surface area (Å²) in [7, 11) is 0. The number of nitriles is 1. The van der Waals surface area contributed by atoms with E-state index in [1.54, 1.807) is 6.07 Å². The molecule has 0 saturated heterocycles. The van der Waals surface area contributed by atoms with E-state index < -0.39 is 0 Å². The van der Waals surface area contributed by atoms with Crippen LogP contribution in [0.15, 0.2) is 0 Å². The summed E-state index contributed by atoms with van der Waals surface area (Å²) in [5.74, 6) is 0. The lowest BCUT2D eigenvalue weighted by Gasteiger charge is -2.05. The van der Waals surface area contributed by atoms with Crippen molar-refractivity contribution in [3.63, 3.8) is 0 Å². The molecule has 0 aromatic carbocycles. The third-order valence-corrected chi connectivity index (χ3v) is 1.50. The van der Waals surface area contributed by atoms with Crippen LogP contribution in [0.4, 0.5) is 0 Å². The van der Waals surface area contributed by atoms with Crippen LogP contribution in [0.3, 0.4) is 0 Å². The van der Waals surface area contributed by atoms with Crippen LogP contribution in [0.2, 0.25) is 0 Å². The number of nitrogens with zero attached hydrogens (tertiary/aromatic N) is 1. The molecule has 0 bridgehead atoms. The van der Waals surface area contributed by atoms with Crippen molar-refractivity contribution in [2.45, 2.75) is 45.4 Å². The van der Waals surface area contributed by atoms with Gasteiger partial charge < -0.3 is 5.48 Å². The van der Waals surface area contributed by atoms with E-state index in [4.69, 9.17) is 5.26 Å². The molecule has 10 heavy (non-hydrogen) atoms. The third kappa shape index (κ3) is 10.4. The smallest absolute Gasteiger partial charge is 0.0587 e. The Kier molecular flexibility index (Phi) is 13.7. The summed E-state index contributed by atoms with van der Waals surface area (Å²) in [6.07, 6.45) is 9.00. The minimum absolute atomic E-state index is 0. The average Bonchev–Trinajstić information content (AvgIpc) is 1.93. The predicted octanol–water partition coefficient (Wildman–Crippen LogP) is 2.05. The Labute approximate surface area is 63.2 Å². The van der Waals surface area contributed by atoms with Gasteiger partial charge in [-0.3, -0.25) is 0 Å². The molecular formula is C8H17NO. The fourth-order valence-corrected chi connectivity index (χ4v) is 1.06. The summed E-state index contributed by atoms with van der Waals surface area (Å²) >= 11 is 0. The SMILES string of the molecule is C1CCCCC1.CC#N.O. The van der Waals surface area contributed by atoms with E-state index >= 15 is 0 Å². The van der Waals surface area contributed by atoms with E-state index in [9.17, 15) is 0 Å². The first-order valence-electron chi connectivity index (χ1n) is 3.72. The molecule has 0 spiro atoms. The quantitative estimate of drug-likeness (QED) is 0.512. The standard InChI is InChI=1S/C6H12.C2H3N.H2O/c1-2-4-6-5-3-1;1-2-3;/h1-6H2;1H3;1H2. The minimum atomic E-state index is 0. The molecule has 0 radical (unpaired) electrons. The molecule has 0 heterocycles. The molecular weight excluding hydrogens is 126 g/mol. The zero-order valence-corrected chi connectivity index (χ0v) is 6.69. The Morgan fingerprint density at radius 1 is 0.900 bits per heavy atom. The van der Waals surface area contributed by atoms with Gasteiger partial charge in [0.25, 0.3) is 0 Å². The summed E-state index contributed by atoms with van der Waals surface area (Å²) < 4.78 is 0. The van der Waals surface area contributed by atoms with Gasteiger partial charge in [-0.25, -0.2) is 0 Å². The van der Waals surface area contributed by atoms with Gasteiger partial charge in [0.15, 0.2) is 0 Å². The second-order valence-corrected chi connectivity index (χ2v) is 2.34. The Hall–Kier alpha value is -0.550. The second kappa shape index (κ2) is 11.3. The van der Waals surface area contributed by atoms with Crippen molar-refractivity contribution in [1.29, 1.82) is 5.26 Å². The summed E-state index contributed by atoms with van der Waals surface area (Å²) in [5.41, 5.74) is 0. The lowest BCUT2D eigenvalue weighted by Crippen LogP contribution is -1.85. The van der Waals surface area contributed by atoms with Crippen molar-refractivity contribution in [2.24, 2.45) is 0 Å². The van der Waals surface area contributed by atoms with Gasteiger partial charge in [-0.1, -0.05) is 38.5 Å². The van der Waals surface area contributed by atoms with E-state index in [0.717, 1.165) is 0 Å². The Morgan fingerprint density at radius 3 is 1.10 bits per heavy atom. The first-order chi connectivity index (χ1) is 4.41. The molecule has 2 nitrogen and oxygen atoms in total. The maximum Gasteiger partial charge on any atom is 0.0587 e. The van der Waals surface area contributed by atoms with Crippen LogP contribution in [-0.2, 0) is 0 Å². The van der Waals surface area contributed by atoms with Crippen molar-refractivity contribution in [1.82, 2.24) is 0 Å². The topological polar surface area (TPSA) is 55.3 Å². The number of hydrogen-bond donors (Lipinski definition) is 0. The lowest BCUT2D eigenvalue weighted by atomic mass is 10.0. The van der Waals surface area contributed by atoms with Gasteiger partial charge in [-0.15, -0.1) is 0 Å². The molecule has 0 aromatic heterocycles. The molecule has 0 atom stereocenters. The molecule has 0 aliphatic heterocycles. The van der Waals surface area contributed by atoms with E-state index in [1.807, 2.05) is 0 Å². The van der Waals surface area contributed by atoms with Crippen molar-refractivity contribution < 1.29 is 5.48 Å².